The Morgan fingerprint density at radius 3 is 2.26 bits per heavy atom. The first-order chi connectivity index (χ1) is 15.3. The van der Waals surface area contributed by atoms with Crippen LogP contribution in [0.5, 0.6) is 0 Å². The number of aryl methyl sites for hydroxylation is 1. The van der Waals surface area contributed by atoms with Crippen LogP contribution in [0.15, 0.2) is 95.5 Å². The minimum absolute atomic E-state index is 0.934. The van der Waals surface area contributed by atoms with E-state index in [1.54, 1.807) is 0 Å². The topological polar surface area (TPSA) is 25.8 Å². The predicted molar refractivity (Wildman–Crippen MR) is 131 cm³/mol. The number of hydrogen-bond donors (Lipinski definition) is 0. The zero-order valence-electron chi connectivity index (χ0n) is 16.8. The molecular formula is C28H19BrN2. The van der Waals surface area contributed by atoms with Crippen LogP contribution in [0.3, 0.4) is 0 Å². The van der Waals surface area contributed by atoms with Crippen molar-refractivity contribution in [2.45, 2.75) is 12.8 Å². The number of rotatable bonds is 2. The second kappa shape index (κ2) is 7.44. The number of pyridine rings is 2. The third-order valence-corrected chi connectivity index (χ3v) is 6.55. The normalized spacial score (nSPS) is 12.4. The summed E-state index contributed by atoms with van der Waals surface area (Å²) in [5.74, 6) is 0. The van der Waals surface area contributed by atoms with E-state index in [-0.39, 0.29) is 0 Å². The SMILES string of the molecule is Brc1ccc(-c2cc(-c3ccccc3)nc3c2CCc2nc4ccccc4cc2-3)cc1. The van der Waals surface area contributed by atoms with Crippen molar-refractivity contribution in [1.82, 2.24) is 9.97 Å². The number of para-hydroxylation sites is 1. The Morgan fingerprint density at radius 2 is 1.42 bits per heavy atom. The van der Waals surface area contributed by atoms with Gasteiger partial charge < -0.3 is 0 Å². The van der Waals surface area contributed by atoms with E-state index in [9.17, 15) is 0 Å². The van der Waals surface area contributed by atoms with E-state index in [4.69, 9.17) is 9.97 Å². The first-order valence-corrected chi connectivity index (χ1v) is 11.3. The monoisotopic (exact) mass is 462 g/mol. The van der Waals surface area contributed by atoms with Crippen molar-refractivity contribution in [2.75, 3.05) is 0 Å². The number of fused-ring (bicyclic) bond motifs is 4. The Labute approximate surface area is 189 Å². The Morgan fingerprint density at radius 1 is 0.645 bits per heavy atom. The largest absolute Gasteiger partial charge is 0.252 e. The molecular weight excluding hydrogens is 444 g/mol. The maximum Gasteiger partial charge on any atom is 0.0766 e. The fourth-order valence-electron chi connectivity index (χ4n) is 4.49. The van der Waals surface area contributed by atoms with Crippen LogP contribution in [0, 0.1) is 0 Å². The minimum Gasteiger partial charge on any atom is -0.252 e. The lowest BCUT2D eigenvalue weighted by Gasteiger charge is -2.23. The highest BCUT2D eigenvalue weighted by Gasteiger charge is 2.24. The summed E-state index contributed by atoms with van der Waals surface area (Å²) in [6.07, 6.45) is 1.88. The molecule has 1 aliphatic carbocycles. The van der Waals surface area contributed by atoms with Gasteiger partial charge in [0.15, 0.2) is 0 Å². The molecule has 0 fully saturated rings. The van der Waals surface area contributed by atoms with Crippen LogP contribution in [-0.4, -0.2) is 9.97 Å². The van der Waals surface area contributed by atoms with E-state index in [1.165, 1.54) is 16.7 Å². The van der Waals surface area contributed by atoms with E-state index < -0.39 is 0 Å². The summed E-state index contributed by atoms with van der Waals surface area (Å²) in [5, 5.41) is 1.16. The van der Waals surface area contributed by atoms with Crippen molar-refractivity contribution in [3.8, 4) is 33.6 Å². The van der Waals surface area contributed by atoms with Crippen LogP contribution in [0.25, 0.3) is 44.5 Å². The lowest BCUT2D eigenvalue weighted by molar-refractivity contribution is 0.896. The van der Waals surface area contributed by atoms with Gasteiger partial charge in [0.05, 0.1) is 22.6 Å². The molecule has 0 saturated carbocycles. The van der Waals surface area contributed by atoms with Crippen LogP contribution in [-0.2, 0) is 12.8 Å². The van der Waals surface area contributed by atoms with Gasteiger partial charge in [-0.3, -0.25) is 4.98 Å². The van der Waals surface area contributed by atoms with Gasteiger partial charge in [-0.15, -0.1) is 0 Å². The van der Waals surface area contributed by atoms with Crippen molar-refractivity contribution >= 4 is 26.8 Å². The summed E-state index contributed by atoms with van der Waals surface area (Å²) >= 11 is 3.57. The Kier molecular flexibility index (Phi) is 4.43. The summed E-state index contributed by atoms with van der Waals surface area (Å²) in [5.41, 5.74) is 10.3. The molecule has 0 bridgehead atoms. The van der Waals surface area contributed by atoms with Crippen molar-refractivity contribution < 1.29 is 0 Å². The molecule has 0 spiro atoms. The van der Waals surface area contributed by atoms with Gasteiger partial charge in [-0.1, -0.05) is 76.6 Å². The average molecular weight is 463 g/mol. The third-order valence-electron chi connectivity index (χ3n) is 6.02. The van der Waals surface area contributed by atoms with E-state index in [1.807, 2.05) is 6.07 Å². The molecule has 6 rings (SSSR count). The summed E-state index contributed by atoms with van der Waals surface area (Å²) < 4.78 is 1.09. The van der Waals surface area contributed by atoms with Gasteiger partial charge in [-0.05, 0) is 59.9 Å². The Balaban J connectivity index is 1.64. The molecule has 3 heteroatoms. The van der Waals surface area contributed by atoms with Crippen molar-refractivity contribution in [3.63, 3.8) is 0 Å². The lowest BCUT2D eigenvalue weighted by atomic mass is 9.85. The molecule has 0 atom stereocenters. The number of benzene rings is 3. The van der Waals surface area contributed by atoms with Gasteiger partial charge in [0.25, 0.3) is 0 Å². The zero-order valence-corrected chi connectivity index (χ0v) is 18.4. The predicted octanol–water partition coefficient (Wildman–Crippen LogP) is 7.49. The van der Waals surface area contributed by atoms with Crippen LogP contribution >= 0.6 is 15.9 Å². The molecule has 0 radical (unpaired) electrons. The Bertz CT molecular complexity index is 1420. The Hall–Kier alpha value is -3.30. The molecule has 0 amide bonds. The molecule has 3 aromatic carbocycles. The minimum atomic E-state index is 0.934. The highest BCUT2D eigenvalue weighted by Crippen LogP contribution is 2.40. The van der Waals surface area contributed by atoms with Crippen molar-refractivity contribution in [3.05, 3.63) is 107 Å². The van der Waals surface area contributed by atoms with E-state index in [2.05, 4.69) is 101 Å². The molecule has 0 aliphatic heterocycles. The summed E-state index contributed by atoms with van der Waals surface area (Å²) in [7, 11) is 0. The molecule has 31 heavy (non-hydrogen) atoms. The number of hydrogen-bond acceptors (Lipinski definition) is 2. The van der Waals surface area contributed by atoms with Crippen molar-refractivity contribution in [1.29, 1.82) is 0 Å². The van der Waals surface area contributed by atoms with Gasteiger partial charge in [-0.25, -0.2) is 4.98 Å². The van der Waals surface area contributed by atoms with Crippen LogP contribution in [0.2, 0.25) is 0 Å². The molecule has 2 aromatic heterocycles. The van der Waals surface area contributed by atoms with E-state index in [0.717, 1.165) is 56.4 Å². The first kappa shape index (κ1) is 18.5. The fraction of sp³-hybridized carbons (Fsp3) is 0.0714. The van der Waals surface area contributed by atoms with Crippen LogP contribution in [0.4, 0.5) is 0 Å². The second-order valence-electron chi connectivity index (χ2n) is 7.93. The smallest absolute Gasteiger partial charge is 0.0766 e. The summed E-state index contributed by atoms with van der Waals surface area (Å²) in [6, 6.07) is 31.9. The molecule has 1 aliphatic rings. The maximum atomic E-state index is 5.19. The summed E-state index contributed by atoms with van der Waals surface area (Å²) in [6.45, 7) is 0. The maximum absolute atomic E-state index is 5.19. The first-order valence-electron chi connectivity index (χ1n) is 10.5. The van der Waals surface area contributed by atoms with E-state index in [0.29, 0.717) is 0 Å². The molecule has 0 N–H and O–H groups in total. The molecule has 0 saturated heterocycles. The molecule has 5 aromatic rings. The summed E-state index contributed by atoms with van der Waals surface area (Å²) in [4.78, 5) is 10.2. The third kappa shape index (κ3) is 3.26. The standard InChI is InChI=1S/C28H19BrN2/c29-21-12-10-18(11-13-21)23-17-27(19-6-2-1-3-7-19)31-28-22(23)14-15-26-24(28)16-20-8-4-5-9-25(20)30-26/h1-13,16-17H,14-15H2. The zero-order chi connectivity index (χ0) is 20.8. The van der Waals surface area contributed by atoms with E-state index >= 15 is 0 Å². The second-order valence-corrected chi connectivity index (χ2v) is 8.85. The molecule has 2 nitrogen and oxygen atoms in total. The molecule has 0 unspecified atom stereocenters. The van der Waals surface area contributed by atoms with Crippen LogP contribution < -0.4 is 0 Å². The number of halogens is 1. The van der Waals surface area contributed by atoms with Crippen LogP contribution in [0.1, 0.15) is 11.3 Å². The van der Waals surface area contributed by atoms with Gasteiger partial charge in [0.1, 0.15) is 0 Å². The highest BCUT2D eigenvalue weighted by atomic mass is 79.9. The van der Waals surface area contributed by atoms with Gasteiger partial charge in [-0.2, -0.15) is 0 Å². The number of aromatic nitrogens is 2. The van der Waals surface area contributed by atoms with Gasteiger partial charge >= 0.3 is 0 Å². The quantitative estimate of drug-likeness (QED) is 0.271. The molecule has 148 valence electrons. The van der Waals surface area contributed by atoms with Gasteiger partial charge in [0, 0.05) is 21.0 Å². The van der Waals surface area contributed by atoms with Gasteiger partial charge in [0.2, 0.25) is 0 Å². The lowest BCUT2D eigenvalue weighted by Crippen LogP contribution is -2.10. The number of nitrogens with zero attached hydrogens (tertiary/aromatic N) is 2. The average Bonchev–Trinajstić information content (AvgIpc) is 2.83. The highest BCUT2D eigenvalue weighted by molar-refractivity contribution is 9.10. The fourth-order valence-corrected chi connectivity index (χ4v) is 4.75. The molecule has 2 heterocycles. The van der Waals surface area contributed by atoms with Crippen molar-refractivity contribution in [2.24, 2.45) is 0 Å².